The van der Waals surface area contributed by atoms with Crippen LogP contribution in [0.4, 0.5) is 0 Å². The molecule has 2 rings (SSSR count). The first-order valence-corrected chi connectivity index (χ1v) is 7.74. The summed E-state index contributed by atoms with van der Waals surface area (Å²) in [4.78, 5) is 1.43. The Morgan fingerprint density at radius 2 is 2.22 bits per heavy atom. The Labute approximate surface area is 114 Å². The Hall–Kier alpha value is -0.510. The highest BCUT2D eigenvalue weighted by atomic mass is 32.2. The Balaban J connectivity index is 1.96. The van der Waals surface area contributed by atoms with Crippen molar-refractivity contribution in [3.05, 3.63) is 29.8 Å². The van der Waals surface area contributed by atoms with E-state index in [0.717, 1.165) is 19.4 Å². The quantitative estimate of drug-likeness (QED) is 0.829. The normalized spacial score (nSPS) is 21.6. The monoisotopic (exact) mass is 265 g/mol. The molecule has 0 aliphatic carbocycles. The van der Waals surface area contributed by atoms with E-state index in [-0.39, 0.29) is 12.1 Å². The van der Waals surface area contributed by atoms with Gasteiger partial charge in [0.15, 0.2) is 0 Å². The first-order valence-electron chi connectivity index (χ1n) is 6.76. The van der Waals surface area contributed by atoms with Crippen molar-refractivity contribution in [2.45, 2.75) is 43.0 Å². The molecule has 2 unspecified atom stereocenters. The maximum atomic E-state index is 9.14. The van der Waals surface area contributed by atoms with Gasteiger partial charge in [-0.1, -0.05) is 25.1 Å². The molecule has 2 atom stereocenters. The van der Waals surface area contributed by atoms with E-state index in [2.05, 4.69) is 43.4 Å². The highest BCUT2D eigenvalue weighted by Crippen LogP contribution is 2.39. The van der Waals surface area contributed by atoms with Crippen molar-refractivity contribution in [1.82, 2.24) is 5.32 Å². The molecule has 0 bridgehead atoms. The van der Waals surface area contributed by atoms with Gasteiger partial charge in [-0.25, -0.2) is 0 Å². The lowest BCUT2D eigenvalue weighted by molar-refractivity contribution is 0.214. The van der Waals surface area contributed by atoms with Gasteiger partial charge in [0.2, 0.25) is 0 Å². The SMILES string of the molecule is CCC(C)(CCO)NCC1CSc2ccccc21. The van der Waals surface area contributed by atoms with E-state index in [1.54, 1.807) is 0 Å². The van der Waals surface area contributed by atoms with Crippen molar-refractivity contribution in [2.75, 3.05) is 18.9 Å². The number of hydrogen-bond donors (Lipinski definition) is 2. The average Bonchev–Trinajstić information content (AvgIpc) is 2.80. The topological polar surface area (TPSA) is 32.3 Å². The summed E-state index contributed by atoms with van der Waals surface area (Å²) in [7, 11) is 0. The van der Waals surface area contributed by atoms with Gasteiger partial charge in [0.25, 0.3) is 0 Å². The molecule has 2 N–H and O–H groups in total. The fraction of sp³-hybridized carbons (Fsp3) is 0.600. The zero-order valence-electron chi connectivity index (χ0n) is 11.3. The maximum Gasteiger partial charge on any atom is 0.0448 e. The number of benzene rings is 1. The van der Waals surface area contributed by atoms with Crippen LogP contribution in [0.3, 0.4) is 0 Å². The third-order valence-corrected chi connectivity index (χ3v) is 5.27. The molecular weight excluding hydrogens is 242 g/mol. The molecule has 0 amide bonds. The van der Waals surface area contributed by atoms with Crippen molar-refractivity contribution in [2.24, 2.45) is 0 Å². The lowest BCUT2D eigenvalue weighted by Gasteiger charge is -2.30. The van der Waals surface area contributed by atoms with Crippen LogP contribution in [0.2, 0.25) is 0 Å². The van der Waals surface area contributed by atoms with Crippen molar-refractivity contribution in [1.29, 1.82) is 0 Å². The summed E-state index contributed by atoms with van der Waals surface area (Å²) < 4.78 is 0. The minimum Gasteiger partial charge on any atom is -0.396 e. The van der Waals surface area contributed by atoms with Crippen LogP contribution in [0.1, 0.15) is 38.2 Å². The number of thioether (sulfide) groups is 1. The average molecular weight is 265 g/mol. The van der Waals surface area contributed by atoms with Gasteiger partial charge in [-0.05, 0) is 31.4 Å². The van der Waals surface area contributed by atoms with Crippen LogP contribution < -0.4 is 5.32 Å². The van der Waals surface area contributed by atoms with Crippen molar-refractivity contribution >= 4 is 11.8 Å². The number of nitrogens with one attached hydrogen (secondary N) is 1. The zero-order chi connectivity index (χ0) is 13.0. The van der Waals surface area contributed by atoms with Gasteiger partial charge in [-0.15, -0.1) is 11.8 Å². The van der Waals surface area contributed by atoms with E-state index in [1.165, 1.54) is 16.2 Å². The molecular formula is C15H23NOS. The van der Waals surface area contributed by atoms with Crippen LogP contribution in [-0.4, -0.2) is 29.5 Å². The standard InChI is InChI=1S/C15H23NOS/c1-3-15(2,8-9-17)16-10-12-11-18-14-7-5-4-6-13(12)14/h4-7,12,16-17H,3,8-11H2,1-2H3. The Bertz CT molecular complexity index is 396. The van der Waals surface area contributed by atoms with Crippen LogP contribution in [-0.2, 0) is 0 Å². The molecule has 1 aliphatic heterocycles. The molecule has 1 aromatic rings. The summed E-state index contributed by atoms with van der Waals surface area (Å²) in [6.45, 7) is 5.65. The molecule has 0 saturated carbocycles. The van der Waals surface area contributed by atoms with Crippen LogP contribution >= 0.6 is 11.8 Å². The molecule has 2 nitrogen and oxygen atoms in total. The van der Waals surface area contributed by atoms with Gasteiger partial charge in [-0.3, -0.25) is 0 Å². The first kappa shape index (κ1) is 13.9. The molecule has 0 saturated heterocycles. The van der Waals surface area contributed by atoms with Gasteiger partial charge in [-0.2, -0.15) is 0 Å². The predicted molar refractivity (Wildman–Crippen MR) is 78.3 cm³/mol. The van der Waals surface area contributed by atoms with Gasteiger partial charge >= 0.3 is 0 Å². The van der Waals surface area contributed by atoms with Crippen molar-refractivity contribution in [3.63, 3.8) is 0 Å². The molecule has 0 fully saturated rings. The summed E-state index contributed by atoms with van der Waals surface area (Å²) in [5, 5.41) is 12.8. The highest BCUT2D eigenvalue weighted by molar-refractivity contribution is 7.99. The van der Waals surface area contributed by atoms with Gasteiger partial charge in [0.05, 0.1) is 0 Å². The molecule has 0 spiro atoms. The number of aliphatic hydroxyl groups is 1. The summed E-state index contributed by atoms with van der Waals surface area (Å²) >= 11 is 1.96. The summed E-state index contributed by atoms with van der Waals surface area (Å²) in [6, 6.07) is 8.71. The third kappa shape index (κ3) is 3.08. The fourth-order valence-corrected chi connectivity index (χ4v) is 3.66. The number of fused-ring (bicyclic) bond motifs is 1. The first-order chi connectivity index (χ1) is 8.68. The molecule has 100 valence electrons. The fourth-order valence-electron chi connectivity index (χ4n) is 2.40. The second-order valence-electron chi connectivity index (χ2n) is 5.31. The van der Waals surface area contributed by atoms with E-state index in [0.29, 0.717) is 5.92 Å². The molecule has 1 heterocycles. The number of rotatable bonds is 6. The second kappa shape index (κ2) is 6.09. The van der Waals surface area contributed by atoms with Gasteiger partial charge in [0, 0.05) is 35.3 Å². The largest absolute Gasteiger partial charge is 0.396 e. The van der Waals surface area contributed by atoms with Crippen LogP contribution in [0.15, 0.2) is 29.2 Å². The minimum atomic E-state index is 0.0664. The van der Waals surface area contributed by atoms with E-state index < -0.39 is 0 Å². The minimum absolute atomic E-state index is 0.0664. The Morgan fingerprint density at radius 3 is 2.94 bits per heavy atom. The Morgan fingerprint density at radius 1 is 1.44 bits per heavy atom. The molecule has 1 aliphatic rings. The van der Waals surface area contributed by atoms with E-state index in [9.17, 15) is 0 Å². The molecule has 18 heavy (non-hydrogen) atoms. The van der Waals surface area contributed by atoms with E-state index in [1.807, 2.05) is 11.8 Å². The summed E-state index contributed by atoms with van der Waals surface area (Å²) in [5.74, 6) is 1.78. The van der Waals surface area contributed by atoms with E-state index >= 15 is 0 Å². The zero-order valence-corrected chi connectivity index (χ0v) is 12.1. The third-order valence-electron chi connectivity index (χ3n) is 4.02. The van der Waals surface area contributed by atoms with Crippen LogP contribution in [0, 0.1) is 0 Å². The van der Waals surface area contributed by atoms with Crippen LogP contribution in [0.5, 0.6) is 0 Å². The molecule has 0 aromatic heterocycles. The lowest BCUT2D eigenvalue weighted by Crippen LogP contribution is -2.44. The molecule has 1 aromatic carbocycles. The van der Waals surface area contributed by atoms with Crippen molar-refractivity contribution < 1.29 is 5.11 Å². The number of hydrogen-bond acceptors (Lipinski definition) is 3. The predicted octanol–water partition coefficient (Wildman–Crippen LogP) is 3.02. The maximum absolute atomic E-state index is 9.14. The Kier molecular flexibility index (Phi) is 4.71. The summed E-state index contributed by atoms with van der Waals surface area (Å²) in [5.41, 5.74) is 1.55. The van der Waals surface area contributed by atoms with Crippen LogP contribution in [0.25, 0.3) is 0 Å². The second-order valence-corrected chi connectivity index (χ2v) is 6.38. The lowest BCUT2D eigenvalue weighted by atomic mass is 9.93. The highest BCUT2D eigenvalue weighted by Gasteiger charge is 2.26. The molecule has 0 radical (unpaired) electrons. The van der Waals surface area contributed by atoms with Gasteiger partial charge < -0.3 is 10.4 Å². The number of aliphatic hydroxyl groups excluding tert-OH is 1. The van der Waals surface area contributed by atoms with Gasteiger partial charge in [0.1, 0.15) is 0 Å². The summed E-state index contributed by atoms with van der Waals surface area (Å²) in [6.07, 6.45) is 1.88. The smallest absolute Gasteiger partial charge is 0.0448 e. The van der Waals surface area contributed by atoms with E-state index in [4.69, 9.17) is 5.11 Å². The molecule has 3 heteroatoms. The van der Waals surface area contributed by atoms with Crippen molar-refractivity contribution in [3.8, 4) is 0 Å².